The SMILES string of the molecule is O=C(Nc1ccnc2[nH]ncc12)c1ccc(CNc2nccs2)cc1. The summed E-state index contributed by atoms with van der Waals surface area (Å²) in [5.41, 5.74) is 2.99. The van der Waals surface area contributed by atoms with Crippen molar-refractivity contribution in [1.29, 1.82) is 0 Å². The van der Waals surface area contributed by atoms with Gasteiger partial charge in [-0.15, -0.1) is 11.3 Å². The molecule has 0 spiro atoms. The van der Waals surface area contributed by atoms with Crippen molar-refractivity contribution in [3.63, 3.8) is 0 Å². The van der Waals surface area contributed by atoms with Crippen LogP contribution in [0.15, 0.2) is 54.3 Å². The smallest absolute Gasteiger partial charge is 0.255 e. The molecular weight excluding hydrogens is 336 g/mol. The van der Waals surface area contributed by atoms with Crippen LogP contribution in [-0.4, -0.2) is 26.1 Å². The zero-order valence-electron chi connectivity index (χ0n) is 13.1. The number of H-pyrrole nitrogens is 1. The number of rotatable bonds is 5. The number of amides is 1. The van der Waals surface area contributed by atoms with Crippen LogP contribution < -0.4 is 10.6 Å². The van der Waals surface area contributed by atoms with E-state index in [1.54, 1.807) is 36.0 Å². The van der Waals surface area contributed by atoms with Gasteiger partial charge in [-0.25, -0.2) is 9.97 Å². The first-order chi connectivity index (χ1) is 12.3. The number of pyridine rings is 1. The Bertz CT molecular complexity index is 994. The van der Waals surface area contributed by atoms with Gasteiger partial charge in [-0.1, -0.05) is 12.1 Å². The Morgan fingerprint density at radius 1 is 1.12 bits per heavy atom. The number of aromatic amines is 1. The highest BCUT2D eigenvalue weighted by atomic mass is 32.1. The number of nitrogens with one attached hydrogen (secondary N) is 3. The van der Waals surface area contributed by atoms with Gasteiger partial charge < -0.3 is 10.6 Å². The Morgan fingerprint density at radius 3 is 2.80 bits per heavy atom. The summed E-state index contributed by atoms with van der Waals surface area (Å²) in [4.78, 5) is 20.8. The summed E-state index contributed by atoms with van der Waals surface area (Å²) in [6, 6.07) is 9.22. The van der Waals surface area contributed by atoms with Crippen molar-refractivity contribution in [1.82, 2.24) is 20.2 Å². The molecule has 0 aliphatic carbocycles. The summed E-state index contributed by atoms with van der Waals surface area (Å²) in [7, 11) is 0. The highest BCUT2D eigenvalue weighted by Gasteiger charge is 2.10. The average molecular weight is 350 g/mol. The molecular formula is C17H14N6OS. The van der Waals surface area contributed by atoms with Gasteiger partial charge in [0.25, 0.3) is 5.91 Å². The zero-order chi connectivity index (χ0) is 17.1. The molecule has 8 heteroatoms. The Hall–Kier alpha value is -3.26. The lowest BCUT2D eigenvalue weighted by molar-refractivity contribution is 0.102. The molecule has 1 aromatic carbocycles. The molecule has 4 aromatic rings. The van der Waals surface area contributed by atoms with E-state index in [4.69, 9.17) is 0 Å². The number of thiazole rings is 1. The Labute approximate surface area is 147 Å². The highest BCUT2D eigenvalue weighted by molar-refractivity contribution is 7.13. The molecule has 1 amide bonds. The first-order valence-electron chi connectivity index (χ1n) is 7.61. The van der Waals surface area contributed by atoms with Crippen molar-refractivity contribution < 1.29 is 4.79 Å². The lowest BCUT2D eigenvalue weighted by atomic mass is 10.1. The predicted molar refractivity (Wildman–Crippen MR) is 97.7 cm³/mol. The number of hydrogen-bond acceptors (Lipinski definition) is 6. The lowest BCUT2D eigenvalue weighted by Crippen LogP contribution is -2.12. The molecule has 0 saturated carbocycles. The maximum absolute atomic E-state index is 12.4. The van der Waals surface area contributed by atoms with Gasteiger partial charge in [0.2, 0.25) is 0 Å². The molecule has 0 radical (unpaired) electrons. The van der Waals surface area contributed by atoms with Gasteiger partial charge in [0.15, 0.2) is 10.8 Å². The minimum atomic E-state index is -0.173. The first kappa shape index (κ1) is 15.3. The maximum Gasteiger partial charge on any atom is 0.255 e. The molecule has 0 fully saturated rings. The largest absolute Gasteiger partial charge is 0.357 e. The summed E-state index contributed by atoms with van der Waals surface area (Å²) < 4.78 is 0. The molecule has 0 unspecified atom stereocenters. The quantitative estimate of drug-likeness (QED) is 0.513. The Morgan fingerprint density at radius 2 is 2.00 bits per heavy atom. The zero-order valence-corrected chi connectivity index (χ0v) is 13.9. The topological polar surface area (TPSA) is 95.6 Å². The standard InChI is InChI=1S/C17H14N6OS/c24-16(22-14-5-6-18-15-13(14)10-21-23-15)12-3-1-11(2-4-12)9-20-17-19-7-8-25-17/h1-8,10H,9H2,(H,19,20)(H2,18,21,22,23,24). The number of anilines is 2. The second-order valence-corrected chi connectivity index (χ2v) is 6.23. The van der Waals surface area contributed by atoms with Crippen LogP contribution in [0.3, 0.4) is 0 Å². The third kappa shape index (κ3) is 3.33. The van der Waals surface area contributed by atoms with E-state index >= 15 is 0 Å². The summed E-state index contributed by atoms with van der Waals surface area (Å²) in [5, 5.41) is 16.4. The Balaban J connectivity index is 1.44. The molecule has 3 aromatic heterocycles. The molecule has 3 N–H and O–H groups in total. The number of carbonyl (C=O) groups is 1. The van der Waals surface area contributed by atoms with Crippen molar-refractivity contribution in [3.05, 3.63) is 65.4 Å². The fourth-order valence-electron chi connectivity index (χ4n) is 2.42. The van der Waals surface area contributed by atoms with Crippen LogP contribution in [0.4, 0.5) is 10.8 Å². The number of benzene rings is 1. The summed E-state index contributed by atoms with van der Waals surface area (Å²) in [6.45, 7) is 0.662. The number of fused-ring (bicyclic) bond motifs is 1. The van der Waals surface area contributed by atoms with Gasteiger partial charge in [0, 0.05) is 29.9 Å². The van der Waals surface area contributed by atoms with Crippen LogP contribution in [0, 0.1) is 0 Å². The average Bonchev–Trinajstić information content (AvgIpc) is 3.32. The number of carbonyl (C=O) groups excluding carboxylic acids is 1. The van der Waals surface area contributed by atoms with E-state index in [2.05, 4.69) is 30.8 Å². The normalized spacial score (nSPS) is 10.7. The molecule has 124 valence electrons. The Kier molecular flexibility index (Phi) is 4.09. The lowest BCUT2D eigenvalue weighted by Gasteiger charge is -2.07. The van der Waals surface area contributed by atoms with E-state index in [0.717, 1.165) is 16.1 Å². The van der Waals surface area contributed by atoms with Gasteiger partial charge in [-0.2, -0.15) is 5.10 Å². The minimum absolute atomic E-state index is 0.173. The van der Waals surface area contributed by atoms with E-state index in [-0.39, 0.29) is 5.91 Å². The molecule has 0 saturated heterocycles. The monoisotopic (exact) mass is 350 g/mol. The second kappa shape index (κ2) is 6.70. The van der Waals surface area contributed by atoms with Crippen molar-refractivity contribution in [3.8, 4) is 0 Å². The molecule has 4 rings (SSSR count). The van der Waals surface area contributed by atoms with E-state index < -0.39 is 0 Å². The van der Waals surface area contributed by atoms with Gasteiger partial charge in [-0.3, -0.25) is 9.89 Å². The number of aromatic nitrogens is 4. The van der Waals surface area contributed by atoms with Gasteiger partial charge in [0.1, 0.15) is 0 Å². The number of hydrogen-bond donors (Lipinski definition) is 3. The van der Waals surface area contributed by atoms with Crippen LogP contribution in [0.2, 0.25) is 0 Å². The highest BCUT2D eigenvalue weighted by Crippen LogP contribution is 2.20. The molecule has 3 heterocycles. The van der Waals surface area contributed by atoms with E-state index in [1.807, 2.05) is 29.6 Å². The molecule has 7 nitrogen and oxygen atoms in total. The molecule has 0 atom stereocenters. The van der Waals surface area contributed by atoms with Crippen LogP contribution in [0.25, 0.3) is 11.0 Å². The predicted octanol–water partition coefficient (Wildman–Crippen LogP) is 3.28. The fraction of sp³-hybridized carbons (Fsp3) is 0.0588. The van der Waals surface area contributed by atoms with Crippen molar-refractivity contribution in [2.75, 3.05) is 10.6 Å². The van der Waals surface area contributed by atoms with Crippen molar-refractivity contribution in [2.24, 2.45) is 0 Å². The van der Waals surface area contributed by atoms with Crippen LogP contribution in [0.5, 0.6) is 0 Å². The summed E-state index contributed by atoms with van der Waals surface area (Å²) in [6.07, 6.45) is 5.03. The van der Waals surface area contributed by atoms with Crippen molar-refractivity contribution in [2.45, 2.75) is 6.54 Å². The van der Waals surface area contributed by atoms with Gasteiger partial charge in [0.05, 0.1) is 17.3 Å². The molecule has 0 aliphatic heterocycles. The van der Waals surface area contributed by atoms with E-state index in [0.29, 0.717) is 23.4 Å². The van der Waals surface area contributed by atoms with Crippen LogP contribution in [0.1, 0.15) is 15.9 Å². The maximum atomic E-state index is 12.4. The third-order valence-corrected chi connectivity index (χ3v) is 4.43. The minimum Gasteiger partial charge on any atom is -0.357 e. The van der Waals surface area contributed by atoms with E-state index in [1.165, 1.54) is 0 Å². The number of nitrogens with zero attached hydrogens (tertiary/aromatic N) is 3. The van der Waals surface area contributed by atoms with Gasteiger partial charge in [-0.05, 0) is 23.8 Å². The van der Waals surface area contributed by atoms with Crippen LogP contribution >= 0.6 is 11.3 Å². The summed E-state index contributed by atoms with van der Waals surface area (Å²) in [5.74, 6) is -0.173. The second-order valence-electron chi connectivity index (χ2n) is 5.33. The van der Waals surface area contributed by atoms with E-state index in [9.17, 15) is 4.79 Å². The molecule has 0 aliphatic rings. The third-order valence-electron chi connectivity index (χ3n) is 3.69. The van der Waals surface area contributed by atoms with Crippen molar-refractivity contribution >= 4 is 39.1 Å². The fourth-order valence-corrected chi connectivity index (χ4v) is 2.94. The first-order valence-corrected chi connectivity index (χ1v) is 8.49. The molecule has 25 heavy (non-hydrogen) atoms. The summed E-state index contributed by atoms with van der Waals surface area (Å²) >= 11 is 1.55. The van der Waals surface area contributed by atoms with Crippen LogP contribution in [-0.2, 0) is 6.54 Å². The molecule has 0 bridgehead atoms. The van der Waals surface area contributed by atoms with Gasteiger partial charge >= 0.3 is 0 Å².